The number of nitrogens with one attached hydrogen (secondary N) is 1. The van der Waals surface area contributed by atoms with Crippen molar-refractivity contribution in [3.63, 3.8) is 0 Å². The maximum atomic E-state index is 13.8. The zero-order valence-electron chi connectivity index (χ0n) is 14.1. The second kappa shape index (κ2) is 7.51. The van der Waals surface area contributed by atoms with Crippen LogP contribution < -0.4 is 5.32 Å². The highest BCUT2D eigenvalue weighted by Crippen LogP contribution is 2.25. The molecule has 0 atom stereocenters. The number of rotatable bonds is 4. The normalized spacial score (nSPS) is 15.2. The van der Waals surface area contributed by atoms with Crippen LogP contribution in [0.3, 0.4) is 0 Å². The third-order valence-electron chi connectivity index (χ3n) is 4.55. The number of furan rings is 1. The lowest BCUT2D eigenvalue weighted by Gasteiger charge is -2.30. The third-order valence-corrected chi connectivity index (χ3v) is 4.55. The number of halogens is 1. The van der Waals surface area contributed by atoms with Crippen molar-refractivity contribution in [2.75, 3.05) is 13.1 Å². The molecule has 1 aliphatic rings. The van der Waals surface area contributed by atoms with Crippen molar-refractivity contribution in [2.24, 2.45) is 5.92 Å². The Kier molecular flexibility index (Phi) is 5.16. The first kappa shape index (κ1) is 17.2. The van der Waals surface area contributed by atoms with Gasteiger partial charge < -0.3 is 14.6 Å². The van der Waals surface area contributed by atoms with Gasteiger partial charge in [-0.25, -0.2) is 4.39 Å². The zero-order chi connectivity index (χ0) is 17.8. The molecule has 25 heavy (non-hydrogen) atoms. The molecular formula is C19H21FN2O3. The van der Waals surface area contributed by atoms with Crippen LogP contribution in [0.5, 0.6) is 0 Å². The Labute approximate surface area is 145 Å². The molecule has 1 saturated heterocycles. The maximum Gasteiger partial charge on any atom is 0.223 e. The molecule has 0 bridgehead atoms. The quantitative estimate of drug-likeness (QED) is 0.927. The molecule has 0 spiro atoms. The van der Waals surface area contributed by atoms with E-state index in [2.05, 4.69) is 5.32 Å². The average molecular weight is 344 g/mol. The summed E-state index contributed by atoms with van der Waals surface area (Å²) in [6, 6.07) is 9.84. The Morgan fingerprint density at radius 3 is 2.60 bits per heavy atom. The molecule has 3 rings (SSSR count). The van der Waals surface area contributed by atoms with Crippen LogP contribution in [-0.4, -0.2) is 29.8 Å². The summed E-state index contributed by atoms with van der Waals surface area (Å²) in [6.07, 6.45) is 1.34. The fraction of sp³-hybridized carbons (Fsp3) is 0.368. The van der Waals surface area contributed by atoms with Crippen molar-refractivity contribution in [3.8, 4) is 11.3 Å². The minimum atomic E-state index is -0.343. The number of carbonyl (C=O) groups is 2. The van der Waals surface area contributed by atoms with Gasteiger partial charge in [-0.1, -0.05) is 12.1 Å². The van der Waals surface area contributed by atoms with Crippen LogP contribution in [0.15, 0.2) is 40.8 Å². The SMILES string of the molecule is CC(=O)N1CCC(C(=O)NCc2ccc(-c3ccccc3F)o2)CC1. The van der Waals surface area contributed by atoms with Crippen molar-refractivity contribution in [1.29, 1.82) is 0 Å². The number of piperidine rings is 1. The molecule has 0 unspecified atom stereocenters. The van der Waals surface area contributed by atoms with Gasteiger partial charge in [-0.2, -0.15) is 0 Å². The molecule has 0 aliphatic carbocycles. The van der Waals surface area contributed by atoms with Crippen molar-refractivity contribution < 1.29 is 18.4 Å². The molecule has 5 nitrogen and oxygen atoms in total. The molecule has 0 saturated carbocycles. The van der Waals surface area contributed by atoms with Gasteiger partial charge >= 0.3 is 0 Å². The van der Waals surface area contributed by atoms with Gasteiger partial charge in [0, 0.05) is 25.9 Å². The molecule has 1 fully saturated rings. The van der Waals surface area contributed by atoms with Gasteiger partial charge in [0.1, 0.15) is 17.3 Å². The third kappa shape index (κ3) is 4.07. The number of hydrogen-bond donors (Lipinski definition) is 1. The summed E-state index contributed by atoms with van der Waals surface area (Å²) in [5.41, 5.74) is 0.400. The predicted molar refractivity (Wildman–Crippen MR) is 90.9 cm³/mol. The Morgan fingerprint density at radius 1 is 1.20 bits per heavy atom. The summed E-state index contributed by atoms with van der Waals surface area (Å²) in [6.45, 7) is 3.04. The highest BCUT2D eigenvalue weighted by atomic mass is 19.1. The van der Waals surface area contributed by atoms with Gasteiger partial charge in [-0.3, -0.25) is 9.59 Å². The van der Waals surface area contributed by atoms with E-state index < -0.39 is 0 Å². The number of benzene rings is 1. The molecule has 2 heterocycles. The first-order valence-corrected chi connectivity index (χ1v) is 8.41. The number of nitrogens with zero attached hydrogens (tertiary/aromatic N) is 1. The number of carbonyl (C=O) groups excluding carboxylic acids is 2. The standard InChI is InChI=1S/C19H21FN2O3/c1-13(23)22-10-8-14(9-11-22)19(24)21-12-15-6-7-18(25-15)16-4-2-3-5-17(16)20/h2-7,14H,8-12H2,1H3,(H,21,24). The second-order valence-electron chi connectivity index (χ2n) is 6.24. The molecule has 1 aromatic heterocycles. The molecule has 1 N–H and O–H groups in total. The molecule has 0 radical (unpaired) electrons. The van der Waals surface area contributed by atoms with Crippen LogP contribution in [-0.2, 0) is 16.1 Å². The van der Waals surface area contributed by atoms with Gasteiger partial charge in [-0.05, 0) is 37.1 Å². The molecule has 1 aliphatic heterocycles. The van der Waals surface area contributed by atoms with Crippen LogP contribution in [0, 0.1) is 11.7 Å². The molecular weight excluding hydrogens is 323 g/mol. The molecule has 2 amide bonds. The molecule has 1 aromatic carbocycles. The fourth-order valence-electron chi connectivity index (χ4n) is 3.05. The van der Waals surface area contributed by atoms with Crippen LogP contribution in [0.25, 0.3) is 11.3 Å². The first-order chi connectivity index (χ1) is 12.0. The van der Waals surface area contributed by atoms with Crippen LogP contribution in [0.1, 0.15) is 25.5 Å². The van der Waals surface area contributed by atoms with Gasteiger partial charge in [0.25, 0.3) is 0 Å². The van der Waals surface area contributed by atoms with E-state index in [0.29, 0.717) is 43.0 Å². The highest BCUT2D eigenvalue weighted by Gasteiger charge is 2.25. The van der Waals surface area contributed by atoms with Gasteiger partial charge in [-0.15, -0.1) is 0 Å². The minimum absolute atomic E-state index is 0.0351. The zero-order valence-corrected chi connectivity index (χ0v) is 14.1. The summed E-state index contributed by atoms with van der Waals surface area (Å²) >= 11 is 0. The van der Waals surface area contributed by atoms with Gasteiger partial charge in [0.2, 0.25) is 11.8 Å². The summed E-state index contributed by atoms with van der Waals surface area (Å²) in [5.74, 6) is 0.605. The number of hydrogen-bond acceptors (Lipinski definition) is 3. The van der Waals surface area contributed by atoms with Crippen molar-refractivity contribution in [3.05, 3.63) is 48.0 Å². The Hall–Kier alpha value is -2.63. The van der Waals surface area contributed by atoms with E-state index in [1.165, 1.54) is 6.07 Å². The summed E-state index contributed by atoms with van der Waals surface area (Å²) in [4.78, 5) is 25.3. The van der Waals surface area contributed by atoms with Gasteiger partial charge in [0.05, 0.1) is 12.1 Å². The smallest absolute Gasteiger partial charge is 0.223 e. The Bertz CT molecular complexity index is 764. The van der Waals surface area contributed by atoms with E-state index in [1.807, 2.05) is 0 Å². The van der Waals surface area contributed by atoms with E-state index in [1.54, 1.807) is 42.2 Å². The largest absolute Gasteiger partial charge is 0.459 e. The van der Waals surface area contributed by atoms with E-state index in [0.717, 1.165) is 0 Å². The lowest BCUT2D eigenvalue weighted by atomic mass is 9.96. The highest BCUT2D eigenvalue weighted by molar-refractivity contribution is 5.79. The topological polar surface area (TPSA) is 62.6 Å². The van der Waals surface area contributed by atoms with Gasteiger partial charge in [0.15, 0.2) is 0 Å². The molecule has 132 valence electrons. The van der Waals surface area contributed by atoms with Crippen molar-refractivity contribution in [1.82, 2.24) is 10.2 Å². The van der Waals surface area contributed by atoms with Crippen LogP contribution >= 0.6 is 0 Å². The average Bonchev–Trinajstić information content (AvgIpc) is 3.09. The van der Waals surface area contributed by atoms with E-state index in [4.69, 9.17) is 4.42 Å². The minimum Gasteiger partial charge on any atom is -0.459 e. The molecule has 6 heteroatoms. The van der Waals surface area contributed by atoms with E-state index in [-0.39, 0.29) is 30.1 Å². The predicted octanol–water partition coefficient (Wildman–Crippen LogP) is 2.96. The molecule has 2 aromatic rings. The first-order valence-electron chi connectivity index (χ1n) is 8.41. The summed E-state index contributed by atoms with van der Waals surface area (Å²) in [5, 5.41) is 2.86. The number of amides is 2. The van der Waals surface area contributed by atoms with Crippen molar-refractivity contribution in [2.45, 2.75) is 26.3 Å². The van der Waals surface area contributed by atoms with E-state index >= 15 is 0 Å². The van der Waals surface area contributed by atoms with Crippen LogP contribution in [0.4, 0.5) is 4.39 Å². The Balaban J connectivity index is 1.53. The second-order valence-corrected chi connectivity index (χ2v) is 6.24. The Morgan fingerprint density at radius 2 is 1.92 bits per heavy atom. The number of likely N-dealkylation sites (tertiary alicyclic amines) is 1. The summed E-state index contributed by atoms with van der Waals surface area (Å²) in [7, 11) is 0. The lowest BCUT2D eigenvalue weighted by Crippen LogP contribution is -2.42. The van der Waals surface area contributed by atoms with E-state index in [9.17, 15) is 14.0 Å². The summed E-state index contributed by atoms with van der Waals surface area (Å²) < 4.78 is 19.4. The van der Waals surface area contributed by atoms with Crippen LogP contribution in [0.2, 0.25) is 0 Å². The maximum absolute atomic E-state index is 13.8. The monoisotopic (exact) mass is 344 g/mol. The van der Waals surface area contributed by atoms with Crippen molar-refractivity contribution >= 4 is 11.8 Å². The lowest BCUT2D eigenvalue weighted by molar-refractivity contribution is -0.134. The fourth-order valence-corrected chi connectivity index (χ4v) is 3.05.